The van der Waals surface area contributed by atoms with Gasteiger partial charge in [-0.3, -0.25) is 4.79 Å². The van der Waals surface area contributed by atoms with Crippen molar-refractivity contribution >= 4 is 11.6 Å². The molecule has 3 aromatic rings. The zero-order valence-corrected chi connectivity index (χ0v) is 14.4. The van der Waals surface area contributed by atoms with Crippen LogP contribution >= 0.6 is 0 Å². The zero-order valence-electron chi connectivity index (χ0n) is 14.4. The molecule has 0 fully saturated rings. The molecule has 2 aromatic heterocycles. The molecule has 6 nitrogen and oxygen atoms in total. The minimum Gasteiger partial charge on any atom is -0.496 e. The number of carbonyl (C=O) groups excluding carboxylic acids is 1. The fourth-order valence-electron chi connectivity index (χ4n) is 2.66. The summed E-state index contributed by atoms with van der Waals surface area (Å²) in [5.74, 6) is 1.17. The minimum absolute atomic E-state index is 0.156. The molecule has 0 bridgehead atoms. The molecule has 0 radical (unpaired) electrons. The second-order valence-electron chi connectivity index (χ2n) is 5.47. The number of para-hydroxylation sites is 1. The number of nitrogens with one attached hydrogen (secondary N) is 1. The molecule has 0 aliphatic heterocycles. The van der Waals surface area contributed by atoms with Crippen molar-refractivity contribution in [1.82, 2.24) is 14.7 Å². The Bertz CT molecular complexity index is 873. The quantitative estimate of drug-likeness (QED) is 0.719. The summed E-state index contributed by atoms with van der Waals surface area (Å²) < 4.78 is 12.7. The fraction of sp³-hybridized carbons (Fsp3) is 0.263. The van der Waals surface area contributed by atoms with Gasteiger partial charge in [0.15, 0.2) is 11.4 Å². The molecule has 130 valence electrons. The number of fused-ring (bicyclic) bond motifs is 1. The lowest BCUT2D eigenvalue weighted by Gasteiger charge is -2.08. The van der Waals surface area contributed by atoms with Gasteiger partial charge in [-0.2, -0.15) is 0 Å². The summed E-state index contributed by atoms with van der Waals surface area (Å²) in [6, 6.07) is 11.0. The van der Waals surface area contributed by atoms with Crippen molar-refractivity contribution in [2.75, 3.05) is 20.3 Å². The van der Waals surface area contributed by atoms with E-state index in [0.29, 0.717) is 30.9 Å². The normalized spacial score (nSPS) is 10.6. The molecule has 1 N–H and O–H groups in total. The Labute approximate surface area is 146 Å². The summed E-state index contributed by atoms with van der Waals surface area (Å²) >= 11 is 0. The summed E-state index contributed by atoms with van der Waals surface area (Å²) in [4.78, 5) is 16.9. The number of ether oxygens (including phenoxy) is 2. The highest BCUT2D eigenvalue weighted by Crippen LogP contribution is 2.19. The highest BCUT2D eigenvalue weighted by molar-refractivity contribution is 5.96. The standard InChI is InChI=1S/C19H21N3O3/c1-3-25-17-9-6-12-22-13-14(21-18(17)22)10-11-20-19(23)15-7-4-5-8-16(15)24-2/h4-9,12-13H,3,10-11H2,1-2H3,(H,20,23). The number of nitrogens with zero attached hydrogens (tertiary/aromatic N) is 2. The van der Waals surface area contributed by atoms with Crippen molar-refractivity contribution in [3.8, 4) is 11.5 Å². The maximum Gasteiger partial charge on any atom is 0.255 e. The number of hydrogen-bond donors (Lipinski definition) is 1. The molecule has 1 aromatic carbocycles. The second-order valence-corrected chi connectivity index (χ2v) is 5.47. The molecule has 2 heterocycles. The maximum atomic E-state index is 12.3. The molecule has 0 unspecified atom stereocenters. The van der Waals surface area contributed by atoms with E-state index in [-0.39, 0.29) is 5.91 Å². The number of methoxy groups -OCH3 is 1. The van der Waals surface area contributed by atoms with E-state index in [4.69, 9.17) is 9.47 Å². The number of amides is 1. The topological polar surface area (TPSA) is 64.9 Å². The van der Waals surface area contributed by atoms with Gasteiger partial charge < -0.3 is 19.2 Å². The minimum atomic E-state index is -0.156. The first-order valence-electron chi connectivity index (χ1n) is 8.23. The van der Waals surface area contributed by atoms with Gasteiger partial charge in [0.05, 0.1) is 25.0 Å². The zero-order chi connectivity index (χ0) is 17.6. The molecule has 0 saturated carbocycles. The van der Waals surface area contributed by atoms with Crippen LogP contribution in [-0.4, -0.2) is 35.6 Å². The number of carbonyl (C=O) groups is 1. The van der Waals surface area contributed by atoms with E-state index in [0.717, 1.165) is 17.1 Å². The first kappa shape index (κ1) is 16.8. The number of rotatable bonds is 7. The van der Waals surface area contributed by atoms with E-state index < -0.39 is 0 Å². The van der Waals surface area contributed by atoms with Crippen LogP contribution in [0.5, 0.6) is 11.5 Å². The van der Waals surface area contributed by atoms with E-state index in [1.54, 1.807) is 19.2 Å². The van der Waals surface area contributed by atoms with Gasteiger partial charge in [0.1, 0.15) is 5.75 Å². The van der Waals surface area contributed by atoms with Crippen LogP contribution in [0.2, 0.25) is 0 Å². The van der Waals surface area contributed by atoms with Crippen LogP contribution in [0.15, 0.2) is 48.8 Å². The van der Waals surface area contributed by atoms with Crippen LogP contribution in [0, 0.1) is 0 Å². The first-order chi connectivity index (χ1) is 12.2. The Hall–Kier alpha value is -3.02. The molecule has 0 aliphatic carbocycles. The van der Waals surface area contributed by atoms with Gasteiger partial charge in [-0.15, -0.1) is 0 Å². The number of benzene rings is 1. The molecule has 3 rings (SSSR count). The Morgan fingerprint density at radius 3 is 2.80 bits per heavy atom. The molecule has 25 heavy (non-hydrogen) atoms. The summed E-state index contributed by atoms with van der Waals surface area (Å²) in [6.45, 7) is 3.03. The Balaban J connectivity index is 1.65. The van der Waals surface area contributed by atoms with Gasteiger partial charge in [-0.1, -0.05) is 12.1 Å². The van der Waals surface area contributed by atoms with E-state index in [1.807, 2.05) is 48.0 Å². The SMILES string of the molecule is CCOc1cccn2cc(CCNC(=O)c3ccccc3OC)nc12. The van der Waals surface area contributed by atoms with E-state index in [9.17, 15) is 4.79 Å². The third-order valence-corrected chi connectivity index (χ3v) is 3.81. The fourth-order valence-corrected chi connectivity index (χ4v) is 2.66. The average molecular weight is 339 g/mol. The van der Waals surface area contributed by atoms with Crippen LogP contribution in [0.3, 0.4) is 0 Å². The number of pyridine rings is 1. The van der Waals surface area contributed by atoms with Gasteiger partial charge in [0, 0.05) is 25.4 Å². The average Bonchev–Trinajstić information content (AvgIpc) is 3.05. The van der Waals surface area contributed by atoms with Crippen molar-refractivity contribution in [3.05, 3.63) is 60.0 Å². The van der Waals surface area contributed by atoms with Crippen molar-refractivity contribution in [2.45, 2.75) is 13.3 Å². The van der Waals surface area contributed by atoms with Crippen molar-refractivity contribution in [3.63, 3.8) is 0 Å². The van der Waals surface area contributed by atoms with Crippen molar-refractivity contribution < 1.29 is 14.3 Å². The van der Waals surface area contributed by atoms with Crippen LogP contribution in [-0.2, 0) is 6.42 Å². The predicted octanol–water partition coefficient (Wildman–Crippen LogP) is 2.71. The Morgan fingerprint density at radius 1 is 1.20 bits per heavy atom. The summed E-state index contributed by atoms with van der Waals surface area (Å²) in [5.41, 5.74) is 2.21. The molecule has 0 saturated heterocycles. The van der Waals surface area contributed by atoms with Gasteiger partial charge in [0.2, 0.25) is 0 Å². The van der Waals surface area contributed by atoms with Gasteiger partial charge >= 0.3 is 0 Å². The van der Waals surface area contributed by atoms with E-state index >= 15 is 0 Å². The van der Waals surface area contributed by atoms with Crippen molar-refractivity contribution in [2.24, 2.45) is 0 Å². The predicted molar refractivity (Wildman–Crippen MR) is 95.4 cm³/mol. The lowest BCUT2D eigenvalue weighted by molar-refractivity contribution is 0.0951. The number of hydrogen-bond acceptors (Lipinski definition) is 4. The number of aromatic nitrogens is 2. The largest absolute Gasteiger partial charge is 0.496 e. The van der Waals surface area contributed by atoms with Crippen LogP contribution in [0.25, 0.3) is 5.65 Å². The summed E-state index contributed by atoms with van der Waals surface area (Å²) in [6.07, 6.45) is 4.52. The summed E-state index contributed by atoms with van der Waals surface area (Å²) in [7, 11) is 1.55. The van der Waals surface area contributed by atoms with Gasteiger partial charge in [-0.25, -0.2) is 4.98 Å². The Kier molecular flexibility index (Phi) is 5.18. The first-order valence-corrected chi connectivity index (χ1v) is 8.23. The van der Waals surface area contributed by atoms with E-state index in [1.165, 1.54) is 0 Å². The van der Waals surface area contributed by atoms with Crippen molar-refractivity contribution in [1.29, 1.82) is 0 Å². The smallest absolute Gasteiger partial charge is 0.255 e. The molecule has 0 aliphatic rings. The van der Waals surface area contributed by atoms with Gasteiger partial charge in [-0.05, 0) is 31.2 Å². The van der Waals surface area contributed by atoms with Crippen LogP contribution in [0.4, 0.5) is 0 Å². The molecule has 6 heteroatoms. The molecule has 0 atom stereocenters. The highest BCUT2D eigenvalue weighted by Gasteiger charge is 2.11. The van der Waals surface area contributed by atoms with Crippen LogP contribution < -0.4 is 14.8 Å². The Morgan fingerprint density at radius 2 is 2.00 bits per heavy atom. The van der Waals surface area contributed by atoms with Gasteiger partial charge in [0.25, 0.3) is 5.91 Å². The maximum absolute atomic E-state index is 12.3. The summed E-state index contributed by atoms with van der Waals surface area (Å²) in [5, 5.41) is 2.91. The monoisotopic (exact) mass is 339 g/mol. The third-order valence-electron chi connectivity index (χ3n) is 3.81. The second kappa shape index (κ2) is 7.70. The van der Waals surface area contributed by atoms with Crippen LogP contribution in [0.1, 0.15) is 23.0 Å². The third kappa shape index (κ3) is 3.74. The molecule has 1 amide bonds. The lowest BCUT2D eigenvalue weighted by atomic mass is 10.2. The molecular formula is C19H21N3O3. The molecule has 0 spiro atoms. The van der Waals surface area contributed by atoms with E-state index in [2.05, 4.69) is 10.3 Å². The highest BCUT2D eigenvalue weighted by atomic mass is 16.5. The number of imidazole rings is 1. The lowest BCUT2D eigenvalue weighted by Crippen LogP contribution is -2.26. The molecular weight excluding hydrogens is 318 g/mol.